The normalized spacial score (nSPS) is 15.3. The first kappa shape index (κ1) is 25.6. The fourth-order valence-corrected chi connectivity index (χ4v) is 4.44. The summed E-state index contributed by atoms with van der Waals surface area (Å²) in [7, 11) is -5.37. The molecule has 3 aromatic carbocycles. The van der Waals surface area contributed by atoms with Crippen molar-refractivity contribution in [3.05, 3.63) is 138 Å². The van der Waals surface area contributed by atoms with E-state index in [9.17, 15) is 34.9 Å². The fraction of sp³-hybridized carbons (Fsp3) is 0.143. The van der Waals surface area contributed by atoms with Crippen molar-refractivity contribution in [1.82, 2.24) is 0 Å². The van der Waals surface area contributed by atoms with Crippen molar-refractivity contribution in [2.45, 2.75) is 18.7 Å². The average molecular weight is 503 g/mol. The van der Waals surface area contributed by atoms with Gasteiger partial charge in [0, 0.05) is 0 Å². The number of nitrogens with zero attached hydrogens (tertiary/aromatic N) is 3. The van der Waals surface area contributed by atoms with Gasteiger partial charge in [-0.1, -0.05) is 54.6 Å². The summed E-state index contributed by atoms with van der Waals surface area (Å²) in [6, 6.07) is 21.0. The summed E-state index contributed by atoms with van der Waals surface area (Å²) >= 11 is 0. The zero-order chi connectivity index (χ0) is 25.4. The van der Waals surface area contributed by atoms with E-state index in [0.717, 1.165) is 0 Å². The number of hydrogen-bond donors (Lipinski definition) is 0. The number of phosphoric acid groups is 1. The summed E-state index contributed by atoms with van der Waals surface area (Å²) in [4.78, 5) is 32.3. The van der Waals surface area contributed by atoms with Crippen LogP contribution >= 0.6 is 7.82 Å². The molecular formula is C21H18N3O10P. The fourth-order valence-electron chi connectivity index (χ4n) is 2.96. The molecule has 3 atom stereocenters. The summed E-state index contributed by atoms with van der Waals surface area (Å²) in [6.07, 6.45) is -6.52. The van der Waals surface area contributed by atoms with Crippen LogP contribution in [-0.2, 0) is 18.1 Å². The Morgan fingerprint density at radius 1 is 0.514 bits per heavy atom. The molecule has 0 heterocycles. The van der Waals surface area contributed by atoms with E-state index >= 15 is 0 Å². The topological polar surface area (TPSA) is 174 Å². The van der Waals surface area contributed by atoms with Gasteiger partial charge in [0.1, 0.15) is 0 Å². The molecule has 0 aliphatic carbocycles. The molecule has 3 aromatic rings. The van der Waals surface area contributed by atoms with Gasteiger partial charge >= 0.3 is 26.5 Å². The third-order valence-corrected chi connectivity index (χ3v) is 5.89. The highest BCUT2D eigenvalue weighted by Gasteiger charge is 2.47. The molecule has 0 bridgehead atoms. The summed E-state index contributed by atoms with van der Waals surface area (Å²) in [6.45, 7) is 0. The quantitative estimate of drug-likeness (QED) is 0.140. The molecule has 3 rings (SSSR count). The first-order chi connectivity index (χ1) is 16.7. The van der Waals surface area contributed by atoms with Crippen molar-refractivity contribution in [3.8, 4) is 0 Å². The van der Waals surface area contributed by atoms with Gasteiger partial charge in [-0.2, -0.15) is 0 Å². The minimum atomic E-state index is -5.37. The molecule has 0 spiro atoms. The number of rotatable bonds is 12. The van der Waals surface area contributed by atoms with Crippen LogP contribution in [0.2, 0.25) is 0 Å². The van der Waals surface area contributed by atoms with Crippen LogP contribution in [0.25, 0.3) is 0 Å². The zero-order valence-corrected chi connectivity index (χ0v) is 18.7. The standard InChI is InChI=1S/C21H18N3O10P/c25-22(26)19(16-10-4-1-5-11-16)32-35(31,33-20(23(27)28)17-12-6-2-7-13-17)34-21(24(29)30)18-14-8-3-9-15-18/h1-15,19-21H. The van der Waals surface area contributed by atoms with Crippen molar-refractivity contribution in [1.29, 1.82) is 0 Å². The van der Waals surface area contributed by atoms with E-state index in [1.807, 2.05) is 0 Å². The minimum Gasteiger partial charge on any atom is -0.261 e. The van der Waals surface area contributed by atoms with Crippen LogP contribution in [0.15, 0.2) is 91.0 Å². The molecule has 3 unspecified atom stereocenters. The second kappa shape index (κ2) is 11.4. The molecule has 14 heteroatoms. The van der Waals surface area contributed by atoms with E-state index in [0.29, 0.717) is 0 Å². The molecule has 0 saturated heterocycles. The van der Waals surface area contributed by atoms with Gasteiger partial charge in [0.25, 0.3) is 0 Å². The van der Waals surface area contributed by atoms with E-state index in [2.05, 4.69) is 0 Å². The van der Waals surface area contributed by atoms with E-state index in [4.69, 9.17) is 13.6 Å². The van der Waals surface area contributed by atoms with Crippen LogP contribution in [0.3, 0.4) is 0 Å². The van der Waals surface area contributed by atoms with Crippen LogP contribution in [0.5, 0.6) is 0 Å². The van der Waals surface area contributed by atoms with Gasteiger partial charge in [0.15, 0.2) is 0 Å². The molecule has 13 nitrogen and oxygen atoms in total. The Morgan fingerprint density at radius 2 is 0.743 bits per heavy atom. The maximum absolute atomic E-state index is 13.7. The molecule has 0 aliphatic rings. The summed E-state index contributed by atoms with van der Waals surface area (Å²) < 4.78 is 29.0. The molecule has 35 heavy (non-hydrogen) atoms. The van der Waals surface area contributed by atoms with Gasteiger partial charge in [0.05, 0.1) is 31.5 Å². The summed E-state index contributed by atoms with van der Waals surface area (Å²) in [5.41, 5.74) is -0.293. The third-order valence-electron chi connectivity index (χ3n) is 4.52. The number of hydrogen-bond acceptors (Lipinski definition) is 10. The molecule has 0 aliphatic heterocycles. The first-order valence-electron chi connectivity index (χ1n) is 9.91. The Balaban J connectivity index is 2.05. The molecule has 0 amide bonds. The van der Waals surface area contributed by atoms with Crippen molar-refractivity contribution in [2.75, 3.05) is 0 Å². The Labute approximate surface area is 197 Å². The minimum absolute atomic E-state index is 0.0975. The van der Waals surface area contributed by atoms with Gasteiger partial charge in [0.2, 0.25) is 0 Å². The molecule has 0 radical (unpaired) electrons. The Bertz CT molecular complexity index is 1060. The van der Waals surface area contributed by atoms with Gasteiger partial charge in [-0.15, -0.1) is 0 Å². The lowest BCUT2D eigenvalue weighted by Crippen LogP contribution is -2.21. The Hall–Kier alpha value is -4.03. The Morgan fingerprint density at radius 3 is 0.943 bits per heavy atom. The highest BCUT2D eigenvalue weighted by atomic mass is 31.2. The lowest BCUT2D eigenvalue weighted by atomic mass is 10.2. The molecule has 0 fully saturated rings. The van der Waals surface area contributed by atoms with Crippen LogP contribution in [0.1, 0.15) is 35.4 Å². The third kappa shape index (κ3) is 6.74. The maximum Gasteiger partial charge on any atom is 0.491 e. The van der Waals surface area contributed by atoms with Crippen molar-refractivity contribution in [2.24, 2.45) is 0 Å². The highest BCUT2D eigenvalue weighted by molar-refractivity contribution is 7.48. The SMILES string of the molecule is O=[N+]([O-])C(OP(=O)(OC(c1ccccc1)[N+](=O)[O-])OC(c1ccccc1)[N+](=O)[O-])c1ccccc1. The van der Waals surface area contributed by atoms with Crippen LogP contribution < -0.4 is 0 Å². The Kier molecular flexibility index (Phi) is 8.34. The molecular weight excluding hydrogens is 485 g/mol. The van der Waals surface area contributed by atoms with Gasteiger partial charge in [-0.3, -0.25) is 30.3 Å². The largest absolute Gasteiger partial charge is 0.491 e. The zero-order valence-electron chi connectivity index (χ0n) is 17.8. The van der Waals surface area contributed by atoms with Gasteiger partial charge < -0.3 is 0 Å². The van der Waals surface area contributed by atoms with Crippen LogP contribution in [-0.4, -0.2) is 14.8 Å². The smallest absolute Gasteiger partial charge is 0.261 e. The molecule has 182 valence electrons. The second-order valence-electron chi connectivity index (χ2n) is 6.91. The highest BCUT2D eigenvalue weighted by Crippen LogP contribution is 2.59. The number of benzene rings is 3. The van der Waals surface area contributed by atoms with E-state index in [1.54, 1.807) is 18.2 Å². The number of nitro groups is 3. The lowest BCUT2D eigenvalue weighted by molar-refractivity contribution is -0.591. The summed E-state index contributed by atoms with van der Waals surface area (Å²) in [5.74, 6) is 0. The van der Waals surface area contributed by atoms with E-state index in [1.165, 1.54) is 72.8 Å². The predicted octanol–water partition coefficient (Wildman–Crippen LogP) is 5.07. The van der Waals surface area contributed by atoms with Crippen molar-refractivity contribution in [3.63, 3.8) is 0 Å². The van der Waals surface area contributed by atoms with Gasteiger partial charge in [-0.25, -0.2) is 18.1 Å². The predicted molar refractivity (Wildman–Crippen MR) is 119 cm³/mol. The van der Waals surface area contributed by atoms with E-state index in [-0.39, 0.29) is 16.7 Å². The van der Waals surface area contributed by atoms with Gasteiger partial charge in [-0.05, 0) is 36.4 Å². The van der Waals surface area contributed by atoms with Crippen molar-refractivity contribution < 1.29 is 32.9 Å². The second-order valence-corrected chi connectivity index (χ2v) is 8.44. The molecule has 0 saturated carbocycles. The molecule has 0 N–H and O–H groups in total. The van der Waals surface area contributed by atoms with E-state index < -0.39 is 41.3 Å². The first-order valence-corrected chi connectivity index (χ1v) is 11.4. The summed E-state index contributed by atoms with van der Waals surface area (Å²) in [5, 5.41) is 35.2. The van der Waals surface area contributed by atoms with Crippen molar-refractivity contribution >= 4 is 7.82 Å². The maximum atomic E-state index is 13.7. The van der Waals surface area contributed by atoms with Crippen LogP contribution in [0.4, 0.5) is 0 Å². The average Bonchev–Trinajstić information content (AvgIpc) is 2.86. The molecule has 0 aromatic heterocycles. The van der Waals surface area contributed by atoms with Crippen LogP contribution in [0, 0.1) is 30.3 Å². The monoisotopic (exact) mass is 503 g/mol. The lowest BCUT2D eigenvalue weighted by Gasteiger charge is -2.22. The number of phosphoric ester groups is 1.